The second kappa shape index (κ2) is 8.41. The highest BCUT2D eigenvalue weighted by Gasteiger charge is 2.20. The number of hydrogen-bond donors (Lipinski definition) is 0. The molecule has 0 saturated carbocycles. The zero-order valence-corrected chi connectivity index (χ0v) is 16.5. The second-order valence-corrected chi connectivity index (χ2v) is 7.35. The number of rotatable bonds is 6. The Balaban J connectivity index is 1.60. The number of carbonyl (C=O) groups is 2. The quantitative estimate of drug-likeness (QED) is 0.573. The summed E-state index contributed by atoms with van der Waals surface area (Å²) in [5.41, 5.74) is 0.920. The molecule has 3 rings (SSSR count). The molecule has 140 valence electrons. The molecule has 0 atom stereocenters. The van der Waals surface area contributed by atoms with E-state index in [9.17, 15) is 9.59 Å². The smallest absolute Gasteiger partial charge is 0.350 e. The van der Waals surface area contributed by atoms with Crippen LogP contribution >= 0.6 is 22.9 Å². The largest absolute Gasteiger partial charge is 0.497 e. The normalized spacial score (nSPS) is 10.6. The maximum absolute atomic E-state index is 12.3. The maximum Gasteiger partial charge on any atom is 0.350 e. The first kappa shape index (κ1) is 19.2. The van der Waals surface area contributed by atoms with Gasteiger partial charge in [-0.15, -0.1) is 11.3 Å². The molecule has 1 amide bonds. The third-order valence-corrected chi connectivity index (χ3v) is 5.68. The van der Waals surface area contributed by atoms with Crippen molar-refractivity contribution in [2.75, 3.05) is 20.8 Å². The minimum absolute atomic E-state index is 0.302. The zero-order chi connectivity index (χ0) is 19.4. The van der Waals surface area contributed by atoms with Gasteiger partial charge in [0.15, 0.2) is 6.61 Å². The third-order valence-electron chi connectivity index (χ3n) is 4.03. The fourth-order valence-corrected chi connectivity index (χ4v) is 3.98. The Bertz CT molecular complexity index is 985. The van der Waals surface area contributed by atoms with Gasteiger partial charge in [-0.2, -0.15) is 0 Å². The van der Waals surface area contributed by atoms with Crippen molar-refractivity contribution in [1.82, 2.24) is 4.90 Å². The maximum atomic E-state index is 12.3. The fourth-order valence-electron chi connectivity index (χ4n) is 2.58. The van der Waals surface area contributed by atoms with Gasteiger partial charge in [-0.25, -0.2) is 4.79 Å². The monoisotopic (exact) mass is 403 g/mol. The van der Waals surface area contributed by atoms with Crippen LogP contribution in [0.15, 0.2) is 48.5 Å². The topological polar surface area (TPSA) is 55.8 Å². The standard InChI is InChI=1S/C20H18ClNO4S/c1-22(11-13-6-5-7-14(10-13)25-2)17(23)12-26-20(24)19-18(21)15-8-3-4-9-16(15)27-19/h3-10H,11-12H2,1-2H3. The van der Waals surface area contributed by atoms with E-state index in [1.807, 2.05) is 48.5 Å². The van der Waals surface area contributed by atoms with Crippen LogP contribution in [0.1, 0.15) is 15.2 Å². The lowest BCUT2D eigenvalue weighted by molar-refractivity contribution is -0.133. The molecule has 0 radical (unpaired) electrons. The Morgan fingerprint density at radius 2 is 1.93 bits per heavy atom. The van der Waals surface area contributed by atoms with Gasteiger partial charge in [0, 0.05) is 23.7 Å². The number of carbonyl (C=O) groups excluding carboxylic acids is 2. The molecule has 0 saturated heterocycles. The van der Waals surface area contributed by atoms with E-state index in [2.05, 4.69) is 0 Å². The molecule has 0 spiro atoms. The molecular weight excluding hydrogens is 386 g/mol. The molecule has 0 bridgehead atoms. The zero-order valence-electron chi connectivity index (χ0n) is 14.9. The van der Waals surface area contributed by atoms with Crippen molar-refractivity contribution >= 4 is 44.9 Å². The molecule has 0 aliphatic heterocycles. The molecule has 0 aliphatic rings. The van der Waals surface area contributed by atoms with Crippen LogP contribution in [0.5, 0.6) is 5.75 Å². The van der Waals surface area contributed by atoms with Crippen LogP contribution < -0.4 is 4.74 Å². The number of amides is 1. The van der Waals surface area contributed by atoms with E-state index in [0.717, 1.165) is 21.4 Å². The van der Waals surface area contributed by atoms with E-state index in [1.165, 1.54) is 16.2 Å². The second-order valence-electron chi connectivity index (χ2n) is 5.92. The lowest BCUT2D eigenvalue weighted by atomic mass is 10.2. The number of benzene rings is 2. The van der Waals surface area contributed by atoms with Gasteiger partial charge in [0.2, 0.25) is 0 Å². The van der Waals surface area contributed by atoms with E-state index in [-0.39, 0.29) is 12.5 Å². The number of ether oxygens (including phenoxy) is 2. The average molecular weight is 404 g/mol. The number of nitrogens with zero attached hydrogens (tertiary/aromatic N) is 1. The van der Waals surface area contributed by atoms with Crippen LogP contribution in [0.4, 0.5) is 0 Å². The Labute approximate surface area is 166 Å². The summed E-state index contributed by atoms with van der Waals surface area (Å²) in [7, 11) is 3.24. The number of likely N-dealkylation sites (N-methyl/N-ethyl adjacent to an activating group) is 1. The van der Waals surface area contributed by atoms with Crippen molar-refractivity contribution < 1.29 is 19.1 Å². The number of thiophene rings is 1. The molecule has 0 aliphatic carbocycles. The minimum atomic E-state index is -0.593. The van der Waals surface area contributed by atoms with Crippen LogP contribution in [0.3, 0.4) is 0 Å². The summed E-state index contributed by atoms with van der Waals surface area (Å²) in [6, 6.07) is 14.9. The third kappa shape index (κ3) is 4.40. The van der Waals surface area contributed by atoms with Crippen molar-refractivity contribution in [3.8, 4) is 5.75 Å². The first-order valence-electron chi connectivity index (χ1n) is 8.20. The number of halogens is 1. The SMILES string of the molecule is COc1cccc(CN(C)C(=O)COC(=O)c2sc3ccccc3c2Cl)c1. The number of esters is 1. The molecule has 5 nitrogen and oxygen atoms in total. The van der Waals surface area contributed by atoms with E-state index < -0.39 is 5.97 Å². The molecular formula is C20H18ClNO4S. The van der Waals surface area contributed by atoms with Crippen molar-refractivity contribution in [2.45, 2.75) is 6.54 Å². The lowest BCUT2D eigenvalue weighted by Crippen LogP contribution is -2.30. The summed E-state index contributed by atoms with van der Waals surface area (Å²) >= 11 is 7.52. The highest BCUT2D eigenvalue weighted by Crippen LogP contribution is 2.35. The highest BCUT2D eigenvalue weighted by atomic mass is 35.5. The Morgan fingerprint density at radius 3 is 2.67 bits per heavy atom. The van der Waals surface area contributed by atoms with Gasteiger partial charge in [-0.05, 0) is 23.8 Å². The number of hydrogen-bond acceptors (Lipinski definition) is 5. The van der Waals surface area contributed by atoms with E-state index >= 15 is 0 Å². The van der Waals surface area contributed by atoms with Crippen LogP contribution in [0.2, 0.25) is 5.02 Å². The van der Waals surface area contributed by atoms with Crippen LogP contribution in [0.25, 0.3) is 10.1 Å². The molecule has 0 fully saturated rings. The van der Waals surface area contributed by atoms with E-state index in [4.69, 9.17) is 21.1 Å². The van der Waals surface area contributed by atoms with Gasteiger partial charge in [-0.3, -0.25) is 4.79 Å². The van der Waals surface area contributed by atoms with Gasteiger partial charge in [-0.1, -0.05) is 41.9 Å². The lowest BCUT2D eigenvalue weighted by Gasteiger charge is -2.17. The van der Waals surface area contributed by atoms with Gasteiger partial charge < -0.3 is 14.4 Å². The summed E-state index contributed by atoms with van der Waals surface area (Å²) in [6.07, 6.45) is 0. The Hall–Kier alpha value is -2.57. The average Bonchev–Trinajstić information content (AvgIpc) is 3.03. The van der Waals surface area contributed by atoms with Gasteiger partial charge in [0.25, 0.3) is 5.91 Å². The summed E-state index contributed by atoms with van der Waals surface area (Å²) in [6.45, 7) is 0.0428. The van der Waals surface area contributed by atoms with Crippen LogP contribution in [-0.4, -0.2) is 37.5 Å². The molecule has 0 unspecified atom stereocenters. The highest BCUT2D eigenvalue weighted by molar-refractivity contribution is 7.21. The van der Waals surface area contributed by atoms with Crippen LogP contribution in [0, 0.1) is 0 Å². The minimum Gasteiger partial charge on any atom is -0.497 e. The molecule has 7 heteroatoms. The van der Waals surface area contributed by atoms with Crippen molar-refractivity contribution in [1.29, 1.82) is 0 Å². The Kier molecular flexibility index (Phi) is 5.98. The van der Waals surface area contributed by atoms with Crippen molar-refractivity contribution in [3.63, 3.8) is 0 Å². The van der Waals surface area contributed by atoms with E-state index in [1.54, 1.807) is 14.2 Å². The Morgan fingerprint density at radius 1 is 1.15 bits per heavy atom. The van der Waals surface area contributed by atoms with Crippen molar-refractivity contribution in [2.24, 2.45) is 0 Å². The molecule has 0 N–H and O–H groups in total. The van der Waals surface area contributed by atoms with Crippen LogP contribution in [-0.2, 0) is 16.1 Å². The molecule has 27 heavy (non-hydrogen) atoms. The fraction of sp³-hybridized carbons (Fsp3) is 0.200. The predicted octanol–water partition coefficient (Wildman–Crippen LogP) is 4.38. The summed E-state index contributed by atoms with van der Waals surface area (Å²) in [5, 5.41) is 1.16. The molecule has 1 heterocycles. The van der Waals surface area contributed by atoms with E-state index in [0.29, 0.717) is 16.4 Å². The molecule has 2 aromatic carbocycles. The first-order chi connectivity index (χ1) is 13.0. The summed E-state index contributed by atoms with van der Waals surface area (Å²) in [4.78, 5) is 26.4. The predicted molar refractivity (Wildman–Crippen MR) is 107 cm³/mol. The van der Waals surface area contributed by atoms with Gasteiger partial charge in [0.1, 0.15) is 10.6 Å². The number of fused-ring (bicyclic) bond motifs is 1. The summed E-state index contributed by atoms with van der Waals surface area (Å²) < 4.78 is 11.3. The van der Waals surface area contributed by atoms with Gasteiger partial charge >= 0.3 is 5.97 Å². The molecule has 1 aromatic heterocycles. The first-order valence-corrected chi connectivity index (χ1v) is 9.40. The van der Waals surface area contributed by atoms with Crippen molar-refractivity contribution in [3.05, 3.63) is 64.0 Å². The van der Waals surface area contributed by atoms with Gasteiger partial charge in [0.05, 0.1) is 12.1 Å². The molecule has 3 aromatic rings. The summed E-state index contributed by atoms with van der Waals surface area (Å²) in [5.74, 6) is -0.174. The number of methoxy groups -OCH3 is 1.